The van der Waals surface area contributed by atoms with Crippen molar-refractivity contribution < 1.29 is 27.5 Å². The molecule has 0 spiro atoms. The van der Waals surface area contributed by atoms with Crippen LogP contribution in [0.1, 0.15) is 28.9 Å². The summed E-state index contributed by atoms with van der Waals surface area (Å²) >= 11 is 1.05. The van der Waals surface area contributed by atoms with Gasteiger partial charge in [-0.1, -0.05) is 60.7 Å². The summed E-state index contributed by atoms with van der Waals surface area (Å²) in [6, 6.07) is 24.6. The molecule has 0 unspecified atom stereocenters. The van der Waals surface area contributed by atoms with Crippen LogP contribution >= 0.6 is 11.3 Å². The quantitative estimate of drug-likeness (QED) is 0.260. The summed E-state index contributed by atoms with van der Waals surface area (Å²) in [6.07, 6.45) is -1.31. The molecule has 1 aromatic heterocycles. The highest BCUT2D eigenvalue weighted by atomic mass is 32.2. The van der Waals surface area contributed by atoms with Gasteiger partial charge in [-0.25, -0.2) is 13.2 Å². The Morgan fingerprint density at radius 3 is 2.24 bits per heavy atom. The van der Waals surface area contributed by atoms with E-state index in [1.807, 2.05) is 6.92 Å². The molecule has 3 aromatic carbocycles. The molecule has 0 saturated carbocycles. The number of rotatable bonds is 10. The minimum absolute atomic E-state index is 0.0360. The SMILES string of the molecule is CCOc1ccccc1NC(=O)[C@H](OC(=O)c1ccccc1NS(=O)(=O)c1cccs1)c1ccccc1. The summed E-state index contributed by atoms with van der Waals surface area (Å²) < 4.78 is 39.3. The van der Waals surface area contributed by atoms with Crippen molar-refractivity contribution in [3.8, 4) is 5.75 Å². The number of thiophene rings is 1. The number of hydrogen-bond donors (Lipinski definition) is 2. The Balaban J connectivity index is 1.61. The second-order valence-corrected chi connectivity index (χ2v) is 10.6. The molecule has 0 aliphatic heterocycles. The summed E-state index contributed by atoms with van der Waals surface area (Å²) in [7, 11) is -3.91. The summed E-state index contributed by atoms with van der Waals surface area (Å²) in [4.78, 5) is 26.6. The van der Waals surface area contributed by atoms with E-state index < -0.39 is 28.0 Å². The lowest BCUT2D eigenvalue weighted by atomic mass is 10.1. The van der Waals surface area contributed by atoms with E-state index in [9.17, 15) is 18.0 Å². The van der Waals surface area contributed by atoms with Gasteiger partial charge in [0.25, 0.3) is 15.9 Å². The number of ether oxygens (including phenoxy) is 2. The average Bonchev–Trinajstić information content (AvgIpc) is 3.45. The third-order valence-electron chi connectivity index (χ3n) is 5.16. The molecule has 0 bridgehead atoms. The van der Waals surface area contributed by atoms with Crippen LogP contribution in [-0.4, -0.2) is 26.9 Å². The highest BCUT2D eigenvalue weighted by Crippen LogP contribution is 2.29. The zero-order valence-corrected chi connectivity index (χ0v) is 21.4. The number of anilines is 2. The van der Waals surface area contributed by atoms with E-state index in [1.54, 1.807) is 78.2 Å². The lowest BCUT2D eigenvalue weighted by Crippen LogP contribution is -2.26. The smallest absolute Gasteiger partial charge is 0.341 e. The van der Waals surface area contributed by atoms with Crippen molar-refractivity contribution in [3.63, 3.8) is 0 Å². The van der Waals surface area contributed by atoms with Crippen molar-refractivity contribution in [3.05, 3.63) is 108 Å². The second-order valence-electron chi connectivity index (χ2n) is 7.70. The van der Waals surface area contributed by atoms with Crippen LogP contribution in [0.5, 0.6) is 5.75 Å². The highest BCUT2D eigenvalue weighted by molar-refractivity contribution is 7.94. The van der Waals surface area contributed by atoms with Crippen LogP contribution in [0.4, 0.5) is 11.4 Å². The number of para-hydroxylation sites is 3. The molecule has 1 heterocycles. The Bertz CT molecular complexity index is 1470. The van der Waals surface area contributed by atoms with Crippen molar-refractivity contribution in [2.24, 2.45) is 0 Å². The first-order valence-corrected chi connectivity index (χ1v) is 13.7. The third-order valence-corrected chi connectivity index (χ3v) is 7.92. The van der Waals surface area contributed by atoms with Gasteiger partial charge in [-0.05, 0) is 42.6 Å². The Kier molecular flexibility index (Phi) is 8.22. The molecule has 0 radical (unpaired) electrons. The van der Waals surface area contributed by atoms with Gasteiger partial charge in [0.2, 0.25) is 6.10 Å². The van der Waals surface area contributed by atoms with Gasteiger partial charge in [0.05, 0.1) is 23.5 Å². The van der Waals surface area contributed by atoms with Gasteiger partial charge >= 0.3 is 5.97 Å². The lowest BCUT2D eigenvalue weighted by Gasteiger charge is -2.20. The molecule has 2 N–H and O–H groups in total. The van der Waals surface area contributed by atoms with E-state index in [0.717, 1.165) is 11.3 Å². The second kappa shape index (κ2) is 11.7. The van der Waals surface area contributed by atoms with Crippen molar-refractivity contribution >= 4 is 44.6 Å². The number of esters is 1. The summed E-state index contributed by atoms with van der Waals surface area (Å²) in [5.74, 6) is -0.986. The molecule has 0 aliphatic rings. The molecule has 1 atom stereocenters. The molecule has 0 fully saturated rings. The number of hydrogen-bond acceptors (Lipinski definition) is 7. The topological polar surface area (TPSA) is 111 Å². The molecular formula is C27H24N2O6S2. The maximum absolute atomic E-state index is 13.4. The van der Waals surface area contributed by atoms with Crippen molar-refractivity contribution in [1.29, 1.82) is 0 Å². The van der Waals surface area contributed by atoms with E-state index in [2.05, 4.69) is 10.0 Å². The standard InChI is InChI=1S/C27H24N2O6S2/c1-2-34-23-16-9-8-15-22(23)28-26(30)25(19-11-4-3-5-12-19)35-27(31)20-13-6-7-14-21(20)29-37(32,33)24-17-10-18-36-24/h3-18,25,29H,2H2,1H3,(H,28,30)/t25-/m1/s1. The highest BCUT2D eigenvalue weighted by Gasteiger charge is 2.28. The fraction of sp³-hybridized carbons (Fsp3) is 0.111. The van der Waals surface area contributed by atoms with Gasteiger partial charge in [-0.15, -0.1) is 11.3 Å². The van der Waals surface area contributed by atoms with Gasteiger partial charge in [0.15, 0.2) is 0 Å². The van der Waals surface area contributed by atoms with Crippen molar-refractivity contribution in [1.82, 2.24) is 0 Å². The first-order valence-electron chi connectivity index (χ1n) is 11.3. The molecular weight excluding hydrogens is 512 g/mol. The van der Waals surface area contributed by atoms with E-state index in [1.165, 1.54) is 18.2 Å². The normalized spacial score (nSPS) is 11.8. The average molecular weight is 537 g/mol. The van der Waals surface area contributed by atoms with Gasteiger partial charge in [0, 0.05) is 5.56 Å². The van der Waals surface area contributed by atoms with Crippen LogP contribution < -0.4 is 14.8 Å². The fourth-order valence-electron chi connectivity index (χ4n) is 3.48. The molecule has 0 saturated heterocycles. The largest absolute Gasteiger partial charge is 0.492 e. The van der Waals surface area contributed by atoms with Crippen LogP contribution in [0.15, 0.2) is 101 Å². The van der Waals surface area contributed by atoms with Crippen LogP contribution in [-0.2, 0) is 19.6 Å². The molecule has 4 rings (SSSR count). The summed E-state index contributed by atoms with van der Waals surface area (Å²) in [5, 5.41) is 4.41. The zero-order chi connectivity index (χ0) is 26.3. The lowest BCUT2D eigenvalue weighted by molar-refractivity contribution is -0.125. The third kappa shape index (κ3) is 6.35. The molecule has 37 heavy (non-hydrogen) atoms. The van der Waals surface area contributed by atoms with E-state index in [0.29, 0.717) is 23.6 Å². The van der Waals surface area contributed by atoms with E-state index in [-0.39, 0.29) is 15.5 Å². The number of sulfonamides is 1. The van der Waals surface area contributed by atoms with E-state index in [4.69, 9.17) is 9.47 Å². The minimum Gasteiger partial charge on any atom is -0.492 e. The summed E-state index contributed by atoms with van der Waals surface area (Å²) in [5.41, 5.74) is 0.871. The Labute approximate surface area is 218 Å². The Hall–Kier alpha value is -4.15. The number of benzene rings is 3. The molecule has 4 aromatic rings. The van der Waals surface area contributed by atoms with Gasteiger partial charge in [-0.2, -0.15) is 0 Å². The van der Waals surface area contributed by atoms with Crippen molar-refractivity contribution in [2.75, 3.05) is 16.6 Å². The molecule has 0 aliphatic carbocycles. The van der Waals surface area contributed by atoms with E-state index >= 15 is 0 Å². The zero-order valence-electron chi connectivity index (χ0n) is 19.8. The number of amides is 1. The molecule has 190 valence electrons. The fourth-order valence-corrected chi connectivity index (χ4v) is 5.56. The van der Waals surface area contributed by atoms with Crippen LogP contribution in [0, 0.1) is 0 Å². The van der Waals surface area contributed by atoms with Gasteiger partial charge < -0.3 is 14.8 Å². The Morgan fingerprint density at radius 2 is 1.54 bits per heavy atom. The number of carbonyl (C=O) groups is 2. The first kappa shape index (κ1) is 25.9. The van der Waals surface area contributed by atoms with Gasteiger partial charge in [0.1, 0.15) is 9.96 Å². The van der Waals surface area contributed by atoms with Crippen LogP contribution in [0.3, 0.4) is 0 Å². The molecule has 1 amide bonds. The number of nitrogens with one attached hydrogen (secondary N) is 2. The van der Waals surface area contributed by atoms with Crippen LogP contribution in [0.25, 0.3) is 0 Å². The minimum atomic E-state index is -3.91. The number of carbonyl (C=O) groups excluding carboxylic acids is 2. The summed E-state index contributed by atoms with van der Waals surface area (Å²) in [6.45, 7) is 2.24. The molecule has 8 nitrogen and oxygen atoms in total. The maximum atomic E-state index is 13.4. The monoisotopic (exact) mass is 536 g/mol. The molecule has 10 heteroatoms. The van der Waals surface area contributed by atoms with Crippen LogP contribution in [0.2, 0.25) is 0 Å². The van der Waals surface area contributed by atoms with Gasteiger partial charge in [-0.3, -0.25) is 9.52 Å². The maximum Gasteiger partial charge on any atom is 0.341 e. The Morgan fingerprint density at radius 1 is 0.865 bits per heavy atom. The van der Waals surface area contributed by atoms with Crippen molar-refractivity contribution in [2.45, 2.75) is 17.2 Å². The predicted molar refractivity (Wildman–Crippen MR) is 142 cm³/mol. The predicted octanol–water partition coefficient (Wildman–Crippen LogP) is 5.48. The first-order chi connectivity index (χ1) is 17.9.